The third kappa shape index (κ3) is 3.47. The Bertz CT molecular complexity index is 916. The first-order chi connectivity index (χ1) is 12.0. The highest BCUT2D eigenvalue weighted by molar-refractivity contribution is 5.73. The van der Waals surface area contributed by atoms with E-state index in [2.05, 4.69) is 9.97 Å². The second kappa shape index (κ2) is 6.68. The Morgan fingerprint density at radius 1 is 1.36 bits per heavy atom. The maximum Gasteiger partial charge on any atom is 0.308 e. The second-order valence-corrected chi connectivity index (χ2v) is 5.37. The molecule has 0 spiro atoms. The van der Waals surface area contributed by atoms with E-state index in [4.69, 9.17) is 19.3 Å². The Labute approximate surface area is 142 Å². The molecule has 1 aliphatic heterocycles. The number of carbonyl (C=O) groups is 1. The highest BCUT2D eigenvalue weighted by Crippen LogP contribution is 2.38. The van der Waals surface area contributed by atoms with Crippen molar-refractivity contribution >= 4 is 18.1 Å². The van der Waals surface area contributed by atoms with Crippen LogP contribution in [0.5, 0.6) is 17.2 Å². The Morgan fingerprint density at radius 3 is 2.72 bits per heavy atom. The van der Waals surface area contributed by atoms with Gasteiger partial charge in [0.15, 0.2) is 11.5 Å². The van der Waals surface area contributed by atoms with Crippen LogP contribution in [0.1, 0.15) is 22.6 Å². The monoisotopic (exact) mass is 344 g/mol. The molecule has 0 aliphatic carbocycles. The third-order valence-corrected chi connectivity index (χ3v) is 3.71. The summed E-state index contributed by atoms with van der Waals surface area (Å²) in [6, 6.07) is 3.49. The van der Waals surface area contributed by atoms with E-state index < -0.39 is 11.5 Å². The fraction of sp³-hybridized carbons (Fsp3) is 0.235. The summed E-state index contributed by atoms with van der Waals surface area (Å²) in [6.07, 6.45) is 2.96. The molecule has 1 aromatic heterocycles. The van der Waals surface area contributed by atoms with Crippen molar-refractivity contribution in [2.45, 2.75) is 13.3 Å². The normalized spacial score (nSPS) is 12.6. The van der Waals surface area contributed by atoms with Crippen LogP contribution in [0.3, 0.4) is 0 Å². The molecule has 3 rings (SSSR count). The van der Waals surface area contributed by atoms with Crippen LogP contribution in [0.15, 0.2) is 16.9 Å². The summed E-state index contributed by atoms with van der Waals surface area (Å²) in [5.41, 5.74) is 0.780. The molecule has 130 valence electrons. The van der Waals surface area contributed by atoms with Gasteiger partial charge < -0.3 is 24.3 Å². The fourth-order valence-corrected chi connectivity index (χ4v) is 2.49. The maximum absolute atomic E-state index is 12.0. The number of fused-ring (bicyclic) bond motifs is 1. The lowest BCUT2D eigenvalue weighted by atomic mass is 10.1. The van der Waals surface area contributed by atoms with E-state index in [9.17, 15) is 9.59 Å². The molecule has 0 unspecified atom stereocenters. The number of aliphatic carboxylic acids is 1. The molecule has 0 atom stereocenters. The van der Waals surface area contributed by atoms with Crippen LogP contribution in [-0.4, -0.2) is 34.9 Å². The molecular weight excluding hydrogens is 328 g/mol. The molecule has 0 saturated heterocycles. The zero-order valence-corrected chi connectivity index (χ0v) is 13.7. The molecule has 1 aliphatic rings. The molecule has 2 heterocycles. The molecule has 25 heavy (non-hydrogen) atoms. The first-order valence-corrected chi connectivity index (χ1v) is 7.45. The fourth-order valence-electron chi connectivity index (χ4n) is 2.49. The van der Waals surface area contributed by atoms with Crippen molar-refractivity contribution in [2.75, 3.05) is 13.9 Å². The average Bonchev–Trinajstić information content (AvgIpc) is 3.02. The number of aromatic amines is 1. The number of aromatic nitrogens is 2. The standard InChI is InChI=1S/C17H16N2O6/c1-9-11(6-16(20)21)17(22)19-15(18-9)4-3-10-5-13-14(25-8-24-13)7-12(10)23-2/h3-5,7H,6,8H2,1-2H3,(H,20,21)(H,18,19,22)/b4-3+. The predicted octanol–water partition coefficient (Wildman–Crippen LogP) is 1.61. The minimum Gasteiger partial charge on any atom is -0.496 e. The summed E-state index contributed by atoms with van der Waals surface area (Å²) >= 11 is 0. The van der Waals surface area contributed by atoms with Crippen molar-refractivity contribution in [2.24, 2.45) is 0 Å². The summed E-state index contributed by atoms with van der Waals surface area (Å²) in [5.74, 6) is 1.03. The van der Waals surface area contributed by atoms with Crippen molar-refractivity contribution in [3.63, 3.8) is 0 Å². The van der Waals surface area contributed by atoms with Gasteiger partial charge in [-0.05, 0) is 25.1 Å². The number of methoxy groups -OCH3 is 1. The molecule has 8 nitrogen and oxygen atoms in total. The van der Waals surface area contributed by atoms with Crippen LogP contribution in [0.4, 0.5) is 0 Å². The van der Waals surface area contributed by atoms with Gasteiger partial charge in [-0.2, -0.15) is 0 Å². The summed E-state index contributed by atoms with van der Waals surface area (Å²) in [4.78, 5) is 29.6. The van der Waals surface area contributed by atoms with Gasteiger partial charge in [-0.3, -0.25) is 9.59 Å². The highest BCUT2D eigenvalue weighted by atomic mass is 16.7. The number of nitrogens with zero attached hydrogens (tertiary/aromatic N) is 1. The lowest BCUT2D eigenvalue weighted by Gasteiger charge is -2.07. The van der Waals surface area contributed by atoms with Crippen LogP contribution in [0.25, 0.3) is 12.2 Å². The summed E-state index contributed by atoms with van der Waals surface area (Å²) in [6.45, 7) is 1.76. The SMILES string of the molecule is COc1cc2c(cc1/C=C/c1nc(C)c(CC(=O)O)c(=O)[nH]1)OCO2. The number of aryl methyl sites for hydroxylation is 1. The van der Waals surface area contributed by atoms with E-state index in [1.807, 2.05) is 0 Å². The van der Waals surface area contributed by atoms with Crippen LogP contribution in [-0.2, 0) is 11.2 Å². The van der Waals surface area contributed by atoms with Gasteiger partial charge in [0, 0.05) is 22.9 Å². The van der Waals surface area contributed by atoms with Crippen LogP contribution >= 0.6 is 0 Å². The lowest BCUT2D eigenvalue weighted by molar-refractivity contribution is -0.136. The van der Waals surface area contributed by atoms with E-state index in [0.717, 1.165) is 5.56 Å². The predicted molar refractivity (Wildman–Crippen MR) is 89.0 cm³/mol. The number of hydrogen-bond donors (Lipinski definition) is 2. The number of ether oxygens (including phenoxy) is 3. The highest BCUT2D eigenvalue weighted by Gasteiger charge is 2.17. The van der Waals surface area contributed by atoms with Gasteiger partial charge in [0.1, 0.15) is 11.6 Å². The summed E-state index contributed by atoms with van der Waals surface area (Å²) in [5, 5.41) is 8.84. The molecule has 8 heteroatoms. The van der Waals surface area contributed by atoms with E-state index in [1.54, 1.807) is 38.3 Å². The topological polar surface area (TPSA) is 111 Å². The molecule has 0 radical (unpaired) electrons. The second-order valence-electron chi connectivity index (χ2n) is 5.37. The van der Waals surface area contributed by atoms with Gasteiger partial charge in [-0.1, -0.05) is 0 Å². The van der Waals surface area contributed by atoms with Gasteiger partial charge in [0.25, 0.3) is 5.56 Å². The van der Waals surface area contributed by atoms with Gasteiger partial charge in [-0.15, -0.1) is 0 Å². The number of carboxylic acids is 1. The van der Waals surface area contributed by atoms with E-state index in [-0.39, 0.29) is 18.8 Å². The summed E-state index contributed by atoms with van der Waals surface area (Å²) < 4.78 is 16.0. The van der Waals surface area contributed by atoms with Crippen molar-refractivity contribution in [3.05, 3.63) is 45.1 Å². The number of carboxylic acid groups (broad SMARTS) is 1. The molecule has 2 N–H and O–H groups in total. The molecule has 1 aromatic carbocycles. The molecule has 0 bridgehead atoms. The maximum atomic E-state index is 12.0. The van der Waals surface area contributed by atoms with Crippen molar-refractivity contribution in [3.8, 4) is 17.2 Å². The van der Waals surface area contributed by atoms with E-state index in [0.29, 0.717) is 28.8 Å². The molecule has 0 amide bonds. The van der Waals surface area contributed by atoms with Crippen molar-refractivity contribution in [1.29, 1.82) is 0 Å². The minimum atomic E-state index is -1.08. The third-order valence-electron chi connectivity index (χ3n) is 3.71. The zero-order valence-electron chi connectivity index (χ0n) is 13.7. The minimum absolute atomic E-state index is 0.144. The first-order valence-electron chi connectivity index (χ1n) is 7.45. The number of H-pyrrole nitrogens is 1. The quantitative estimate of drug-likeness (QED) is 0.847. The Hall–Kier alpha value is -3.29. The molecule has 0 saturated carbocycles. The van der Waals surface area contributed by atoms with Gasteiger partial charge in [-0.25, -0.2) is 4.98 Å². The van der Waals surface area contributed by atoms with Crippen molar-refractivity contribution < 1.29 is 24.1 Å². The van der Waals surface area contributed by atoms with Crippen molar-refractivity contribution in [1.82, 2.24) is 9.97 Å². The summed E-state index contributed by atoms with van der Waals surface area (Å²) in [7, 11) is 1.54. The van der Waals surface area contributed by atoms with Crippen LogP contribution in [0.2, 0.25) is 0 Å². The smallest absolute Gasteiger partial charge is 0.308 e. The number of nitrogens with one attached hydrogen (secondary N) is 1. The average molecular weight is 344 g/mol. The first kappa shape index (κ1) is 16.6. The van der Waals surface area contributed by atoms with E-state index in [1.165, 1.54) is 0 Å². The van der Waals surface area contributed by atoms with Gasteiger partial charge in [0.2, 0.25) is 6.79 Å². The molecule has 2 aromatic rings. The lowest BCUT2D eigenvalue weighted by Crippen LogP contribution is -2.20. The van der Waals surface area contributed by atoms with Crippen LogP contribution < -0.4 is 19.8 Å². The number of hydrogen-bond acceptors (Lipinski definition) is 6. The molecule has 0 fully saturated rings. The number of rotatable bonds is 5. The Kier molecular flexibility index (Phi) is 4.42. The Balaban J connectivity index is 1.92. The zero-order chi connectivity index (χ0) is 18.0. The van der Waals surface area contributed by atoms with E-state index >= 15 is 0 Å². The van der Waals surface area contributed by atoms with Gasteiger partial charge in [0.05, 0.1) is 13.5 Å². The Morgan fingerprint density at radius 2 is 2.08 bits per heavy atom. The number of benzene rings is 1. The molecular formula is C17H16N2O6. The van der Waals surface area contributed by atoms with Crippen LogP contribution in [0, 0.1) is 6.92 Å². The largest absolute Gasteiger partial charge is 0.496 e. The van der Waals surface area contributed by atoms with Gasteiger partial charge >= 0.3 is 5.97 Å².